The topological polar surface area (TPSA) is 63.9 Å². The maximum absolute atomic E-state index is 13.8. The number of carbonyl (C=O) groups is 1. The Labute approximate surface area is 161 Å². The standard InChI is InChI=1S/C21H18FN5O/c1-13-10-23-7-6-20(13)27-12-14(11-24-27)19-9-17(21(28)26(2)3)16-8-15(22)4-5-18(16)25-19/h4-12H,1-3H3. The van der Waals surface area contributed by atoms with E-state index in [1.54, 1.807) is 49.5 Å². The molecule has 0 bridgehead atoms. The first kappa shape index (κ1) is 17.8. The van der Waals surface area contributed by atoms with Crippen LogP contribution in [0, 0.1) is 12.7 Å². The number of carbonyl (C=O) groups excluding carboxylic acids is 1. The number of amides is 1. The minimum absolute atomic E-state index is 0.211. The molecule has 3 aromatic heterocycles. The molecule has 0 aliphatic rings. The Balaban J connectivity index is 1.87. The fourth-order valence-electron chi connectivity index (χ4n) is 3.07. The highest BCUT2D eigenvalue weighted by Gasteiger charge is 2.17. The summed E-state index contributed by atoms with van der Waals surface area (Å²) >= 11 is 0. The molecule has 0 aliphatic heterocycles. The summed E-state index contributed by atoms with van der Waals surface area (Å²) in [6.45, 7) is 1.96. The zero-order chi connectivity index (χ0) is 19.8. The van der Waals surface area contributed by atoms with Crippen LogP contribution in [0.2, 0.25) is 0 Å². The minimum atomic E-state index is -0.407. The first-order valence-electron chi connectivity index (χ1n) is 8.72. The van der Waals surface area contributed by atoms with Crippen molar-refractivity contribution in [2.45, 2.75) is 6.92 Å². The van der Waals surface area contributed by atoms with Gasteiger partial charge in [0.25, 0.3) is 5.91 Å². The second-order valence-electron chi connectivity index (χ2n) is 6.75. The third-order valence-electron chi connectivity index (χ3n) is 4.52. The summed E-state index contributed by atoms with van der Waals surface area (Å²) in [4.78, 5) is 22.9. The van der Waals surface area contributed by atoms with Gasteiger partial charge in [-0.15, -0.1) is 0 Å². The first-order chi connectivity index (χ1) is 13.4. The van der Waals surface area contributed by atoms with Crippen LogP contribution in [-0.4, -0.2) is 44.7 Å². The lowest BCUT2D eigenvalue weighted by Gasteiger charge is -2.13. The lowest BCUT2D eigenvalue weighted by molar-refractivity contribution is 0.0829. The second kappa shape index (κ2) is 6.84. The van der Waals surface area contributed by atoms with Crippen molar-refractivity contribution in [3.05, 3.63) is 72.1 Å². The molecule has 4 aromatic rings. The van der Waals surface area contributed by atoms with Gasteiger partial charge < -0.3 is 4.90 Å². The Morgan fingerprint density at radius 2 is 1.96 bits per heavy atom. The number of halogens is 1. The van der Waals surface area contributed by atoms with Crippen molar-refractivity contribution in [3.63, 3.8) is 0 Å². The van der Waals surface area contributed by atoms with Crippen molar-refractivity contribution in [1.29, 1.82) is 0 Å². The summed E-state index contributed by atoms with van der Waals surface area (Å²) in [5, 5.41) is 4.91. The molecule has 0 spiro atoms. The molecule has 1 aromatic carbocycles. The third-order valence-corrected chi connectivity index (χ3v) is 4.52. The molecule has 6 nitrogen and oxygen atoms in total. The highest BCUT2D eigenvalue weighted by atomic mass is 19.1. The van der Waals surface area contributed by atoms with E-state index in [1.165, 1.54) is 17.0 Å². The summed E-state index contributed by atoms with van der Waals surface area (Å²) in [5.74, 6) is -0.618. The molecule has 0 N–H and O–H groups in total. The molecule has 0 aliphatic carbocycles. The highest BCUT2D eigenvalue weighted by molar-refractivity contribution is 6.07. The molecule has 0 fully saturated rings. The predicted octanol–water partition coefficient (Wildman–Crippen LogP) is 3.63. The fourth-order valence-corrected chi connectivity index (χ4v) is 3.07. The van der Waals surface area contributed by atoms with Gasteiger partial charge in [0.2, 0.25) is 0 Å². The second-order valence-corrected chi connectivity index (χ2v) is 6.75. The molecular formula is C21H18FN5O. The van der Waals surface area contributed by atoms with E-state index in [-0.39, 0.29) is 5.91 Å². The van der Waals surface area contributed by atoms with E-state index < -0.39 is 5.82 Å². The van der Waals surface area contributed by atoms with Gasteiger partial charge >= 0.3 is 0 Å². The Morgan fingerprint density at radius 1 is 1.14 bits per heavy atom. The van der Waals surface area contributed by atoms with Crippen LogP contribution in [0.15, 0.2) is 55.1 Å². The van der Waals surface area contributed by atoms with Crippen molar-refractivity contribution in [2.24, 2.45) is 0 Å². The SMILES string of the molecule is Cc1cnccc1-n1cc(-c2cc(C(=O)N(C)C)c3cc(F)ccc3n2)cn1. The van der Waals surface area contributed by atoms with Crippen LogP contribution in [0.5, 0.6) is 0 Å². The summed E-state index contributed by atoms with van der Waals surface area (Å²) in [7, 11) is 3.33. The number of benzene rings is 1. The zero-order valence-corrected chi connectivity index (χ0v) is 15.7. The molecule has 4 rings (SSSR count). The molecule has 28 heavy (non-hydrogen) atoms. The summed E-state index contributed by atoms with van der Waals surface area (Å²) in [5.41, 5.74) is 4.21. The number of pyridine rings is 2. The van der Waals surface area contributed by atoms with Gasteiger partial charge in [-0.25, -0.2) is 14.1 Å². The van der Waals surface area contributed by atoms with E-state index in [9.17, 15) is 9.18 Å². The van der Waals surface area contributed by atoms with Crippen LogP contribution in [0.1, 0.15) is 15.9 Å². The number of fused-ring (bicyclic) bond motifs is 1. The highest BCUT2D eigenvalue weighted by Crippen LogP contribution is 2.27. The average molecular weight is 375 g/mol. The number of aryl methyl sites for hydroxylation is 1. The van der Waals surface area contributed by atoms with Gasteiger partial charge in [-0.05, 0) is 42.8 Å². The van der Waals surface area contributed by atoms with Crippen molar-refractivity contribution in [3.8, 4) is 16.9 Å². The van der Waals surface area contributed by atoms with Crippen LogP contribution < -0.4 is 0 Å². The smallest absolute Gasteiger partial charge is 0.254 e. The largest absolute Gasteiger partial charge is 0.345 e. The molecule has 3 heterocycles. The molecule has 140 valence electrons. The number of hydrogen-bond acceptors (Lipinski definition) is 4. The summed E-state index contributed by atoms with van der Waals surface area (Å²) in [6.07, 6.45) is 7.03. The number of nitrogens with zero attached hydrogens (tertiary/aromatic N) is 5. The Morgan fingerprint density at radius 3 is 2.71 bits per heavy atom. The van der Waals surface area contributed by atoms with E-state index in [0.717, 1.165) is 16.8 Å². The summed E-state index contributed by atoms with van der Waals surface area (Å²) < 4.78 is 15.5. The Hall–Kier alpha value is -3.61. The monoisotopic (exact) mass is 375 g/mol. The molecule has 0 atom stereocenters. The fraction of sp³-hybridized carbons (Fsp3) is 0.143. The zero-order valence-electron chi connectivity index (χ0n) is 15.7. The maximum Gasteiger partial charge on any atom is 0.254 e. The van der Waals surface area contributed by atoms with Gasteiger partial charge in [0.05, 0.1) is 28.7 Å². The van der Waals surface area contributed by atoms with Crippen molar-refractivity contribution in [2.75, 3.05) is 14.1 Å². The van der Waals surface area contributed by atoms with Crippen LogP contribution >= 0.6 is 0 Å². The van der Waals surface area contributed by atoms with Gasteiger partial charge in [0, 0.05) is 43.6 Å². The predicted molar refractivity (Wildman–Crippen MR) is 105 cm³/mol. The molecule has 0 radical (unpaired) electrons. The van der Waals surface area contributed by atoms with Gasteiger partial charge in [-0.3, -0.25) is 9.78 Å². The van der Waals surface area contributed by atoms with Gasteiger partial charge in [-0.1, -0.05) is 0 Å². The van der Waals surface area contributed by atoms with Crippen LogP contribution in [0.4, 0.5) is 4.39 Å². The first-order valence-corrected chi connectivity index (χ1v) is 8.72. The van der Waals surface area contributed by atoms with E-state index in [0.29, 0.717) is 22.2 Å². The minimum Gasteiger partial charge on any atom is -0.345 e. The Bertz CT molecular complexity index is 1200. The van der Waals surface area contributed by atoms with Crippen LogP contribution in [-0.2, 0) is 0 Å². The molecule has 0 unspecified atom stereocenters. The van der Waals surface area contributed by atoms with Gasteiger partial charge in [-0.2, -0.15) is 5.10 Å². The molecule has 0 saturated carbocycles. The lowest BCUT2D eigenvalue weighted by atomic mass is 10.0. The molecular weight excluding hydrogens is 357 g/mol. The molecule has 7 heteroatoms. The average Bonchev–Trinajstić information content (AvgIpc) is 3.17. The van der Waals surface area contributed by atoms with E-state index in [4.69, 9.17) is 0 Å². The number of aromatic nitrogens is 4. The lowest BCUT2D eigenvalue weighted by Crippen LogP contribution is -2.22. The van der Waals surface area contributed by atoms with Gasteiger partial charge in [0.1, 0.15) is 5.82 Å². The van der Waals surface area contributed by atoms with Crippen molar-refractivity contribution >= 4 is 16.8 Å². The Kier molecular flexibility index (Phi) is 4.35. The van der Waals surface area contributed by atoms with Crippen LogP contribution in [0.25, 0.3) is 27.8 Å². The summed E-state index contributed by atoms with van der Waals surface area (Å²) in [6, 6.07) is 7.83. The molecule has 0 saturated heterocycles. The molecule has 1 amide bonds. The third kappa shape index (κ3) is 3.11. The number of rotatable bonds is 3. The van der Waals surface area contributed by atoms with E-state index in [2.05, 4.69) is 15.1 Å². The van der Waals surface area contributed by atoms with Crippen LogP contribution in [0.3, 0.4) is 0 Å². The van der Waals surface area contributed by atoms with E-state index >= 15 is 0 Å². The van der Waals surface area contributed by atoms with Crippen molar-refractivity contribution in [1.82, 2.24) is 24.6 Å². The van der Waals surface area contributed by atoms with E-state index in [1.807, 2.05) is 19.2 Å². The van der Waals surface area contributed by atoms with Gasteiger partial charge in [0.15, 0.2) is 0 Å². The quantitative estimate of drug-likeness (QED) is 0.549. The maximum atomic E-state index is 13.8. The number of hydrogen-bond donors (Lipinski definition) is 0. The normalized spacial score (nSPS) is 11.0. The van der Waals surface area contributed by atoms with Crippen molar-refractivity contribution < 1.29 is 9.18 Å².